The number of aromatic nitrogens is 1. The zero-order valence-corrected chi connectivity index (χ0v) is 22.6. The van der Waals surface area contributed by atoms with Crippen molar-refractivity contribution in [1.29, 1.82) is 0 Å². The van der Waals surface area contributed by atoms with Crippen molar-refractivity contribution in [1.82, 2.24) is 9.29 Å². The fourth-order valence-corrected chi connectivity index (χ4v) is 6.00. The normalized spacial score (nSPS) is 14.4. The quantitative estimate of drug-likeness (QED) is 0.340. The van der Waals surface area contributed by atoms with Gasteiger partial charge in [-0.25, -0.2) is 18.0 Å². The van der Waals surface area contributed by atoms with Gasteiger partial charge in [-0.2, -0.15) is 4.31 Å². The minimum atomic E-state index is -3.75. The van der Waals surface area contributed by atoms with Crippen LogP contribution in [0.3, 0.4) is 0 Å². The topological polar surface area (TPSA) is 123 Å². The molecule has 2 heterocycles. The molecule has 1 aliphatic heterocycles. The smallest absolute Gasteiger partial charge is 0.340 e. The first-order valence-electron chi connectivity index (χ1n) is 12.3. The van der Waals surface area contributed by atoms with Gasteiger partial charge in [-0.1, -0.05) is 24.3 Å². The monoisotopic (exact) mass is 538 g/mol. The average molecular weight is 539 g/mol. The zero-order valence-electron chi connectivity index (χ0n) is 21.7. The number of sulfonamides is 1. The summed E-state index contributed by atoms with van der Waals surface area (Å²) in [5, 5.41) is 0. The van der Waals surface area contributed by atoms with Crippen LogP contribution in [0.25, 0.3) is 0 Å². The lowest BCUT2D eigenvalue weighted by Crippen LogP contribution is -2.35. The number of benzene rings is 2. The Bertz CT molecular complexity index is 1490. The van der Waals surface area contributed by atoms with Gasteiger partial charge in [-0.3, -0.25) is 4.79 Å². The van der Waals surface area contributed by atoms with Crippen molar-refractivity contribution in [3.05, 3.63) is 87.7 Å². The minimum absolute atomic E-state index is 0.0709. The van der Waals surface area contributed by atoms with Gasteiger partial charge in [0, 0.05) is 18.8 Å². The molecule has 3 aromatic rings. The number of H-pyrrole nitrogens is 1. The Morgan fingerprint density at radius 2 is 1.66 bits per heavy atom. The minimum Gasteiger partial charge on any atom is -0.462 e. The molecule has 0 saturated heterocycles. The Labute approximate surface area is 221 Å². The summed E-state index contributed by atoms with van der Waals surface area (Å²) in [5.41, 5.74) is 3.57. The first-order chi connectivity index (χ1) is 18.0. The summed E-state index contributed by atoms with van der Waals surface area (Å²) >= 11 is 0. The highest BCUT2D eigenvalue weighted by atomic mass is 32.2. The summed E-state index contributed by atoms with van der Waals surface area (Å²) in [7, 11) is -3.75. The SMILES string of the molecule is CCOC(=O)c1c(C)[nH]c(C(=O)[C@H](C)OC(=O)c2ccc(S(=O)(=O)N3CCc4ccccc4C3)cc2)c1C. The number of aryl methyl sites for hydroxylation is 1. The number of ketones is 1. The Morgan fingerprint density at radius 3 is 2.32 bits per heavy atom. The Hall–Kier alpha value is -3.76. The van der Waals surface area contributed by atoms with Crippen LogP contribution in [-0.2, 0) is 32.5 Å². The number of rotatable bonds is 8. The van der Waals surface area contributed by atoms with Gasteiger partial charge in [-0.05, 0) is 75.1 Å². The second-order valence-electron chi connectivity index (χ2n) is 9.14. The number of esters is 2. The van der Waals surface area contributed by atoms with Gasteiger partial charge in [-0.15, -0.1) is 0 Å². The van der Waals surface area contributed by atoms with Crippen LogP contribution in [0.1, 0.15) is 67.4 Å². The lowest BCUT2D eigenvalue weighted by atomic mass is 10.0. The molecule has 0 amide bonds. The number of ether oxygens (including phenoxy) is 2. The standard InChI is InChI=1S/C28H30N2O7S/c1-5-36-28(33)24-17(2)25(29-18(24)3)26(31)19(4)37-27(32)21-10-12-23(13-11-21)38(34,35)30-15-14-20-8-6-7-9-22(20)16-30/h6-13,19,29H,5,14-16H2,1-4H3/t19-/m0/s1. The van der Waals surface area contributed by atoms with Gasteiger partial charge in [0.05, 0.1) is 28.3 Å². The first-order valence-corrected chi connectivity index (χ1v) is 13.8. The number of Topliss-reactive ketones (excluding diaryl/α,β-unsaturated/α-hetero) is 1. The lowest BCUT2D eigenvalue weighted by Gasteiger charge is -2.28. The van der Waals surface area contributed by atoms with Crippen molar-refractivity contribution >= 4 is 27.7 Å². The Morgan fingerprint density at radius 1 is 1.00 bits per heavy atom. The van der Waals surface area contributed by atoms with Gasteiger partial charge in [0.15, 0.2) is 6.10 Å². The summed E-state index contributed by atoms with van der Waals surface area (Å²) in [5.74, 6) is -1.81. The molecule has 1 atom stereocenters. The molecule has 2 aromatic carbocycles. The largest absolute Gasteiger partial charge is 0.462 e. The molecule has 0 aliphatic carbocycles. The molecular formula is C28H30N2O7S. The maximum Gasteiger partial charge on any atom is 0.340 e. The molecule has 0 fully saturated rings. The van der Waals surface area contributed by atoms with E-state index < -0.39 is 33.8 Å². The molecule has 10 heteroatoms. The highest BCUT2D eigenvalue weighted by Gasteiger charge is 2.30. The molecular weight excluding hydrogens is 508 g/mol. The molecule has 1 N–H and O–H groups in total. The number of hydrogen-bond donors (Lipinski definition) is 1. The summed E-state index contributed by atoms with van der Waals surface area (Å²) in [6, 6.07) is 13.2. The van der Waals surface area contributed by atoms with E-state index in [1.165, 1.54) is 35.5 Å². The molecule has 0 saturated carbocycles. The number of carbonyl (C=O) groups is 3. The van der Waals surface area contributed by atoms with Crippen LogP contribution in [0.4, 0.5) is 0 Å². The Balaban J connectivity index is 1.44. The van der Waals surface area contributed by atoms with E-state index >= 15 is 0 Å². The van der Waals surface area contributed by atoms with Crippen molar-refractivity contribution in [2.75, 3.05) is 13.2 Å². The fourth-order valence-electron chi connectivity index (χ4n) is 4.58. The van der Waals surface area contributed by atoms with Crippen LogP contribution >= 0.6 is 0 Å². The Kier molecular flexibility index (Phi) is 7.84. The van der Waals surface area contributed by atoms with Crippen LogP contribution in [-0.4, -0.2) is 54.7 Å². The van der Waals surface area contributed by atoms with Crippen molar-refractivity contribution < 1.29 is 32.3 Å². The highest BCUT2D eigenvalue weighted by molar-refractivity contribution is 7.89. The highest BCUT2D eigenvalue weighted by Crippen LogP contribution is 2.26. The van der Waals surface area contributed by atoms with Crippen molar-refractivity contribution in [3.8, 4) is 0 Å². The number of nitrogens with zero attached hydrogens (tertiary/aromatic N) is 1. The van der Waals surface area contributed by atoms with E-state index in [-0.39, 0.29) is 34.9 Å². The van der Waals surface area contributed by atoms with Crippen LogP contribution in [0.5, 0.6) is 0 Å². The predicted molar refractivity (Wildman–Crippen MR) is 140 cm³/mol. The van der Waals surface area contributed by atoms with Crippen molar-refractivity contribution in [3.63, 3.8) is 0 Å². The van der Waals surface area contributed by atoms with E-state index in [9.17, 15) is 22.8 Å². The van der Waals surface area contributed by atoms with E-state index in [1.54, 1.807) is 20.8 Å². The molecule has 0 spiro atoms. The number of fused-ring (bicyclic) bond motifs is 1. The predicted octanol–water partition coefficient (Wildman–Crippen LogP) is 3.98. The molecule has 1 aliphatic rings. The van der Waals surface area contributed by atoms with Gasteiger partial charge < -0.3 is 14.5 Å². The average Bonchev–Trinajstić information content (AvgIpc) is 3.21. The second kappa shape index (κ2) is 10.9. The molecule has 200 valence electrons. The molecule has 0 bridgehead atoms. The van der Waals surface area contributed by atoms with Gasteiger partial charge in [0.2, 0.25) is 15.8 Å². The number of carbonyl (C=O) groups excluding carboxylic acids is 3. The van der Waals surface area contributed by atoms with Gasteiger partial charge >= 0.3 is 11.9 Å². The fraction of sp³-hybridized carbons (Fsp3) is 0.321. The molecule has 1 aromatic heterocycles. The first kappa shape index (κ1) is 27.3. The van der Waals surface area contributed by atoms with Gasteiger partial charge in [0.25, 0.3) is 0 Å². The summed E-state index contributed by atoms with van der Waals surface area (Å²) in [4.78, 5) is 40.9. The third-order valence-electron chi connectivity index (χ3n) is 6.64. The molecule has 0 unspecified atom stereocenters. The third kappa shape index (κ3) is 5.27. The van der Waals surface area contributed by atoms with E-state index in [2.05, 4.69) is 4.98 Å². The van der Waals surface area contributed by atoms with E-state index in [4.69, 9.17) is 9.47 Å². The van der Waals surface area contributed by atoms with Crippen molar-refractivity contribution in [2.24, 2.45) is 0 Å². The zero-order chi connectivity index (χ0) is 27.6. The molecule has 38 heavy (non-hydrogen) atoms. The number of hydrogen-bond acceptors (Lipinski definition) is 7. The molecule has 0 radical (unpaired) electrons. The van der Waals surface area contributed by atoms with E-state index in [1.807, 2.05) is 24.3 Å². The van der Waals surface area contributed by atoms with Crippen LogP contribution in [0, 0.1) is 13.8 Å². The van der Waals surface area contributed by atoms with Crippen LogP contribution in [0.2, 0.25) is 0 Å². The molecule has 4 rings (SSSR count). The summed E-state index contributed by atoms with van der Waals surface area (Å²) in [6.45, 7) is 7.27. The van der Waals surface area contributed by atoms with E-state index in [0.29, 0.717) is 24.2 Å². The third-order valence-corrected chi connectivity index (χ3v) is 8.50. The van der Waals surface area contributed by atoms with Crippen LogP contribution in [0.15, 0.2) is 53.4 Å². The van der Waals surface area contributed by atoms with Crippen LogP contribution < -0.4 is 0 Å². The summed E-state index contributed by atoms with van der Waals surface area (Å²) < 4.78 is 38.2. The summed E-state index contributed by atoms with van der Waals surface area (Å²) in [6.07, 6.45) is -0.515. The maximum atomic E-state index is 13.2. The number of nitrogens with one attached hydrogen (secondary N) is 1. The van der Waals surface area contributed by atoms with Crippen molar-refractivity contribution in [2.45, 2.75) is 51.7 Å². The second-order valence-corrected chi connectivity index (χ2v) is 11.1. The number of aromatic amines is 1. The molecule has 9 nitrogen and oxygen atoms in total. The van der Waals surface area contributed by atoms with E-state index in [0.717, 1.165) is 11.1 Å². The maximum absolute atomic E-state index is 13.2. The van der Waals surface area contributed by atoms with Gasteiger partial charge in [0.1, 0.15) is 0 Å². The lowest BCUT2D eigenvalue weighted by molar-refractivity contribution is 0.0316.